The van der Waals surface area contributed by atoms with Crippen LogP contribution in [0, 0.1) is 0 Å². The number of nitrogens with two attached hydrogens (primary N) is 1. The molecule has 0 fully saturated rings. The number of fused-ring (bicyclic) bond motifs is 2. The van der Waals surface area contributed by atoms with Gasteiger partial charge in [0, 0.05) is 0 Å². The van der Waals surface area contributed by atoms with Crippen LogP contribution in [0.5, 0.6) is 0 Å². The smallest absolute Gasteiger partial charge is 0.0551 e. The molecule has 0 saturated heterocycles. The van der Waals surface area contributed by atoms with E-state index in [4.69, 9.17) is 5.73 Å². The van der Waals surface area contributed by atoms with E-state index in [2.05, 4.69) is 36.4 Å². The molecule has 0 aliphatic heterocycles. The van der Waals surface area contributed by atoms with Gasteiger partial charge in [-0.25, -0.2) is 0 Å². The second-order valence-corrected chi connectivity index (χ2v) is 6.59. The highest BCUT2D eigenvalue weighted by Gasteiger charge is 2.16. The minimum Gasteiger partial charge on any atom is -0.320 e. The van der Waals surface area contributed by atoms with E-state index in [1.165, 1.54) is 78.3 Å². The Morgan fingerprint density at radius 3 is 1.71 bits per heavy atom. The van der Waals surface area contributed by atoms with Crippen molar-refractivity contribution in [1.29, 1.82) is 0 Å². The lowest BCUT2D eigenvalue weighted by Gasteiger charge is -2.20. The second kappa shape index (κ2) is 5.31. The predicted octanol–water partition coefficient (Wildman–Crippen LogP) is 4.10. The van der Waals surface area contributed by atoms with Gasteiger partial charge in [-0.15, -0.1) is 0 Å². The van der Waals surface area contributed by atoms with Crippen molar-refractivity contribution >= 4 is 0 Å². The normalized spacial score (nSPS) is 18.1. The molecule has 2 aromatic rings. The Morgan fingerprint density at radius 1 is 0.619 bits per heavy atom. The molecule has 4 rings (SSSR count). The first-order valence-corrected chi connectivity index (χ1v) is 8.30. The number of rotatable bonds is 2. The molecule has 21 heavy (non-hydrogen) atoms. The maximum Gasteiger partial charge on any atom is 0.0551 e. The molecule has 0 aromatic heterocycles. The van der Waals surface area contributed by atoms with Crippen LogP contribution in [-0.2, 0) is 25.7 Å². The van der Waals surface area contributed by atoms with Crippen molar-refractivity contribution in [3.05, 3.63) is 69.8 Å². The fourth-order valence-electron chi connectivity index (χ4n) is 3.92. The highest BCUT2D eigenvalue weighted by molar-refractivity contribution is 5.42. The monoisotopic (exact) mass is 277 g/mol. The summed E-state index contributed by atoms with van der Waals surface area (Å²) in [6.07, 6.45) is 8.88. The predicted molar refractivity (Wildman–Crippen MR) is 87.6 cm³/mol. The average Bonchev–Trinajstić information content (AvgIpc) is 3.01. The summed E-state index contributed by atoms with van der Waals surface area (Å²) in [5, 5.41) is 0. The average molecular weight is 277 g/mol. The molecular weight excluding hydrogens is 254 g/mol. The van der Waals surface area contributed by atoms with Crippen LogP contribution >= 0.6 is 0 Å². The highest BCUT2D eigenvalue weighted by atomic mass is 14.6. The topological polar surface area (TPSA) is 26.0 Å². The van der Waals surface area contributed by atoms with Crippen LogP contribution in [0.4, 0.5) is 0 Å². The lowest BCUT2D eigenvalue weighted by Crippen LogP contribution is -2.14. The van der Waals surface area contributed by atoms with E-state index in [0.717, 1.165) is 0 Å². The molecule has 0 heterocycles. The van der Waals surface area contributed by atoms with Crippen molar-refractivity contribution < 1.29 is 0 Å². The molecule has 2 N–H and O–H groups in total. The van der Waals surface area contributed by atoms with E-state index in [0.29, 0.717) is 0 Å². The Hall–Kier alpha value is -1.60. The van der Waals surface area contributed by atoms with Gasteiger partial charge in [-0.05, 0) is 78.3 Å². The van der Waals surface area contributed by atoms with Gasteiger partial charge in [0.2, 0.25) is 0 Å². The molecule has 108 valence electrons. The Morgan fingerprint density at radius 2 is 1.10 bits per heavy atom. The van der Waals surface area contributed by atoms with E-state index in [9.17, 15) is 0 Å². The number of benzene rings is 2. The Labute approximate surface area is 127 Å². The Balaban J connectivity index is 1.66. The maximum atomic E-state index is 6.54. The fourth-order valence-corrected chi connectivity index (χ4v) is 3.92. The fraction of sp³-hybridized carbons (Fsp3) is 0.400. The van der Waals surface area contributed by atoms with Crippen LogP contribution < -0.4 is 5.73 Å². The lowest BCUT2D eigenvalue weighted by molar-refractivity contribution is 0.682. The standard InChI is InChI=1S/C20H23N/c21-20(19-11-9-15-6-3-7-17(15)13-19)18-10-8-14-4-1-2-5-16(14)12-18/h8-13,20H,1-7,21H2. The first-order chi connectivity index (χ1) is 10.3. The molecule has 2 aliphatic carbocycles. The molecule has 0 spiro atoms. The van der Waals surface area contributed by atoms with E-state index in [-0.39, 0.29) is 6.04 Å². The zero-order chi connectivity index (χ0) is 14.2. The Kier molecular flexibility index (Phi) is 3.31. The zero-order valence-corrected chi connectivity index (χ0v) is 12.6. The SMILES string of the molecule is NC(c1ccc2c(c1)CCCC2)c1ccc2c(c1)CCC2. The summed E-state index contributed by atoms with van der Waals surface area (Å²) in [5.74, 6) is 0. The van der Waals surface area contributed by atoms with Gasteiger partial charge in [0.05, 0.1) is 6.04 Å². The summed E-state index contributed by atoms with van der Waals surface area (Å²) < 4.78 is 0. The minimum absolute atomic E-state index is 0.0168. The number of hydrogen-bond acceptors (Lipinski definition) is 1. The third-order valence-electron chi connectivity index (χ3n) is 5.21. The van der Waals surface area contributed by atoms with Gasteiger partial charge in [0.1, 0.15) is 0 Å². The number of hydrogen-bond donors (Lipinski definition) is 1. The first-order valence-electron chi connectivity index (χ1n) is 8.30. The van der Waals surface area contributed by atoms with Crippen molar-refractivity contribution in [2.24, 2.45) is 5.73 Å². The summed E-state index contributed by atoms with van der Waals surface area (Å²) in [6, 6.07) is 13.8. The molecule has 0 amide bonds. The van der Waals surface area contributed by atoms with Gasteiger partial charge >= 0.3 is 0 Å². The summed E-state index contributed by atoms with van der Waals surface area (Å²) in [5.41, 5.74) is 15.2. The van der Waals surface area contributed by atoms with Gasteiger partial charge in [-0.1, -0.05) is 36.4 Å². The van der Waals surface area contributed by atoms with Gasteiger partial charge < -0.3 is 5.73 Å². The third-order valence-corrected chi connectivity index (χ3v) is 5.21. The van der Waals surface area contributed by atoms with Crippen LogP contribution in [0.3, 0.4) is 0 Å². The van der Waals surface area contributed by atoms with Crippen molar-refractivity contribution in [2.45, 2.75) is 51.0 Å². The molecule has 1 atom stereocenters. The zero-order valence-electron chi connectivity index (χ0n) is 12.6. The van der Waals surface area contributed by atoms with Gasteiger partial charge in [0.25, 0.3) is 0 Å². The van der Waals surface area contributed by atoms with E-state index >= 15 is 0 Å². The second-order valence-electron chi connectivity index (χ2n) is 6.59. The molecular formula is C20H23N. The van der Waals surface area contributed by atoms with Crippen LogP contribution in [0.25, 0.3) is 0 Å². The molecule has 1 nitrogen and oxygen atoms in total. The number of aryl methyl sites for hydroxylation is 4. The molecule has 1 heteroatoms. The van der Waals surface area contributed by atoms with Gasteiger partial charge in [-0.2, -0.15) is 0 Å². The molecule has 1 unspecified atom stereocenters. The highest BCUT2D eigenvalue weighted by Crippen LogP contribution is 2.29. The van der Waals surface area contributed by atoms with Crippen molar-refractivity contribution in [2.75, 3.05) is 0 Å². The first kappa shape index (κ1) is 13.1. The molecule has 0 radical (unpaired) electrons. The van der Waals surface area contributed by atoms with Crippen molar-refractivity contribution in [3.8, 4) is 0 Å². The van der Waals surface area contributed by atoms with Gasteiger partial charge in [0.15, 0.2) is 0 Å². The third kappa shape index (κ3) is 2.40. The maximum absolute atomic E-state index is 6.54. The lowest BCUT2D eigenvalue weighted by atomic mass is 9.88. The largest absolute Gasteiger partial charge is 0.320 e. The van der Waals surface area contributed by atoms with Crippen LogP contribution in [0.15, 0.2) is 36.4 Å². The van der Waals surface area contributed by atoms with Crippen LogP contribution in [-0.4, -0.2) is 0 Å². The van der Waals surface area contributed by atoms with E-state index in [1.807, 2.05) is 0 Å². The Bertz CT molecular complexity index is 672. The van der Waals surface area contributed by atoms with Crippen LogP contribution in [0.2, 0.25) is 0 Å². The van der Waals surface area contributed by atoms with E-state index in [1.54, 1.807) is 0 Å². The molecule has 0 saturated carbocycles. The van der Waals surface area contributed by atoms with Crippen LogP contribution in [0.1, 0.15) is 58.7 Å². The van der Waals surface area contributed by atoms with Gasteiger partial charge in [-0.3, -0.25) is 0 Å². The molecule has 2 aromatic carbocycles. The summed E-state index contributed by atoms with van der Waals surface area (Å²) >= 11 is 0. The molecule has 0 bridgehead atoms. The summed E-state index contributed by atoms with van der Waals surface area (Å²) in [4.78, 5) is 0. The van der Waals surface area contributed by atoms with Crippen molar-refractivity contribution in [1.82, 2.24) is 0 Å². The minimum atomic E-state index is 0.0168. The quantitative estimate of drug-likeness (QED) is 0.878. The van der Waals surface area contributed by atoms with Crippen molar-refractivity contribution in [3.63, 3.8) is 0 Å². The summed E-state index contributed by atoms with van der Waals surface area (Å²) in [7, 11) is 0. The van der Waals surface area contributed by atoms with E-state index < -0.39 is 0 Å². The summed E-state index contributed by atoms with van der Waals surface area (Å²) in [6.45, 7) is 0. The molecule has 2 aliphatic rings.